The summed E-state index contributed by atoms with van der Waals surface area (Å²) in [6.07, 6.45) is -3.47. The van der Waals surface area contributed by atoms with Gasteiger partial charge in [0.25, 0.3) is 0 Å². The topological polar surface area (TPSA) is 44.4 Å². The van der Waals surface area contributed by atoms with Crippen LogP contribution in [0.4, 0.5) is 18.9 Å². The molecule has 0 bridgehead atoms. The minimum Gasteiger partial charge on any atom is -0.385 e. The molecule has 0 fully saturated rings. The molecule has 0 aromatic heterocycles. The highest BCUT2D eigenvalue weighted by Gasteiger charge is 2.33. The Morgan fingerprint density at radius 1 is 1.26 bits per heavy atom. The minimum atomic E-state index is -4.50. The molecule has 0 unspecified atom stereocenters. The second-order valence-electron chi connectivity index (χ2n) is 5.38. The number of nitrogens with one attached hydrogen (secondary N) is 2. The molecular formula is C15H21ClF3N3O. The Balaban J connectivity index is 2.37. The summed E-state index contributed by atoms with van der Waals surface area (Å²) in [5, 5.41) is 5.21. The smallest absolute Gasteiger partial charge is 0.385 e. The van der Waals surface area contributed by atoms with Crippen molar-refractivity contribution in [1.29, 1.82) is 0 Å². The van der Waals surface area contributed by atoms with Gasteiger partial charge in [-0.05, 0) is 45.3 Å². The average molecular weight is 352 g/mol. The molecule has 1 aromatic carbocycles. The standard InChI is InChI=1S/C15H21ClF3N3O/c1-22(2)9-3-7-21-14(23)6-8-20-11-4-5-13(16)12(10-11)15(17,18)19/h4-5,10,20H,3,6-9H2,1-2H3,(H,21,23). The van der Waals surface area contributed by atoms with Crippen LogP contribution in [0.1, 0.15) is 18.4 Å². The fraction of sp³-hybridized carbons (Fsp3) is 0.533. The number of carbonyl (C=O) groups is 1. The highest BCUT2D eigenvalue weighted by molar-refractivity contribution is 6.31. The Morgan fingerprint density at radius 2 is 1.96 bits per heavy atom. The maximum Gasteiger partial charge on any atom is 0.417 e. The third-order valence-electron chi connectivity index (χ3n) is 3.06. The van der Waals surface area contributed by atoms with Crippen LogP contribution in [0.25, 0.3) is 0 Å². The molecule has 8 heteroatoms. The third kappa shape index (κ3) is 7.56. The van der Waals surface area contributed by atoms with E-state index in [0.29, 0.717) is 6.54 Å². The number of amides is 1. The lowest BCUT2D eigenvalue weighted by Gasteiger charge is -2.12. The van der Waals surface area contributed by atoms with Gasteiger partial charge in [0.2, 0.25) is 5.91 Å². The highest BCUT2D eigenvalue weighted by atomic mass is 35.5. The van der Waals surface area contributed by atoms with Gasteiger partial charge in [0.15, 0.2) is 0 Å². The van der Waals surface area contributed by atoms with Crippen molar-refractivity contribution in [2.45, 2.75) is 19.0 Å². The van der Waals surface area contributed by atoms with E-state index in [2.05, 4.69) is 10.6 Å². The van der Waals surface area contributed by atoms with E-state index in [1.165, 1.54) is 12.1 Å². The van der Waals surface area contributed by atoms with E-state index in [0.717, 1.165) is 19.0 Å². The Hall–Kier alpha value is -1.47. The number of nitrogens with zero attached hydrogens (tertiary/aromatic N) is 1. The normalized spacial score (nSPS) is 11.6. The lowest BCUT2D eigenvalue weighted by Crippen LogP contribution is -2.28. The van der Waals surface area contributed by atoms with E-state index in [4.69, 9.17) is 11.6 Å². The number of halogens is 4. The van der Waals surface area contributed by atoms with Crippen LogP contribution in [-0.2, 0) is 11.0 Å². The first kappa shape index (κ1) is 19.6. The quantitative estimate of drug-likeness (QED) is 0.707. The maximum absolute atomic E-state index is 12.7. The number of anilines is 1. The zero-order valence-corrected chi connectivity index (χ0v) is 13.9. The van der Waals surface area contributed by atoms with Gasteiger partial charge in [-0.2, -0.15) is 13.2 Å². The predicted octanol–water partition coefficient (Wildman–Crippen LogP) is 3.23. The van der Waals surface area contributed by atoms with Crippen molar-refractivity contribution in [2.75, 3.05) is 39.0 Å². The van der Waals surface area contributed by atoms with Gasteiger partial charge in [-0.3, -0.25) is 4.79 Å². The average Bonchev–Trinajstić information content (AvgIpc) is 2.44. The molecule has 1 rings (SSSR count). The van der Waals surface area contributed by atoms with Crippen molar-refractivity contribution in [3.63, 3.8) is 0 Å². The summed E-state index contributed by atoms with van der Waals surface area (Å²) in [4.78, 5) is 13.6. The molecule has 130 valence electrons. The van der Waals surface area contributed by atoms with Crippen LogP contribution in [0.3, 0.4) is 0 Å². The van der Waals surface area contributed by atoms with Gasteiger partial charge in [-0.15, -0.1) is 0 Å². The molecule has 0 atom stereocenters. The predicted molar refractivity (Wildman–Crippen MR) is 85.7 cm³/mol. The summed E-state index contributed by atoms with van der Waals surface area (Å²) in [5.41, 5.74) is -0.612. The second kappa shape index (κ2) is 8.98. The summed E-state index contributed by atoms with van der Waals surface area (Å²) in [7, 11) is 3.90. The summed E-state index contributed by atoms with van der Waals surface area (Å²) >= 11 is 5.54. The molecule has 0 aliphatic rings. The van der Waals surface area contributed by atoms with Crippen molar-refractivity contribution in [1.82, 2.24) is 10.2 Å². The molecule has 0 saturated carbocycles. The van der Waals surface area contributed by atoms with Gasteiger partial charge in [-0.25, -0.2) is 0 Å². The zero-order valence-electron chi connectivity index (χ0n) is 13.1. The van der Waals surface area contributed by atoms with Crippen molar-refractivity contribution >= 4 is 23.2 Å². The Morgan fingerprint density at radius 3 is 2.57 bits per heavy atom. The van der Waals surface area contributed by atoms with Crippen LogP contribution < -0.4 is 10.6 Å². The number of hydrogen-bond acceptors (Lipinski definition) is 3. The van der Waals surface area contributed by atoms with Gasteiger partial charge in [0.05, 0.1) is 10.6 Å². The van der Waals surface area contributed by atoms with E-state index >= 15 is 0 Å². The van der Waals surface area contributed by atoms with Gasteiger partial charge >= 0.3 is 6.18 Å². The molecule has 0 heterocycles. The largest absolute Gasteiger partial charge is 0.417 e. The summed E-state index contributed by atoms with van der Waals surface area (Å²) in [6.45, 7) is 1.71. The third-order valence-corrected chi connectivity index (χ3v) is 3.39. The van der Waals surface area contributed by atoms with Crippen molar-refractivity contribution < 1.29 is 18.0 Å². The fourth-order valence-electron chi connectivity index (χ4n) is 1.88. The molecule has 0 spiro atoms. The Bertz CT molecular complexity index is 521. The van der Waals surface area contributed by atoms with E-state index in [1.807, 2.05) is 19.0 Å². The van der Waals surface area contributed by atoms with Crippen LogP contribution in [0.5, 0.6) is 0 Å². The van der Waals surface area contributed by atoms with E-state index < -0.39 is 11.7 Å². The van der Waals surface area contributed by atoms with Crippen LogP contribution in [-0.4, -0.2) is 44.5 Å². The fourth-order valence-corrected chi connectivity index (χ4v) is 2.11. The first-order valence-corrected chi connectivity index (χ1v) is 7.60. The molecule has 23 heavy (non-hydrogen) atoms. The number of benzene rings is 1. The van der Waals surface area contributed by atoms with Crippen LogP contribution in [0.15, 0.2) is 18.2 Å². The molecule has 1 amide bonds. The lowest BCUT2D eigenvalue weighted by molar-refractivity contribution is -0.137. The molecule has 0 radical (unpaired) electrons. The van der Waals surface area contributed by atoms with Crippen molar-refractivity contribution in [3.8, 4) is 0 Å². The number of hydrogen-bond donors (Lipinski definition) is 2. The summed E-state index contributed by atoms with van der Waals surface area (Å²) < 4.78 is 38.2. The Labute approximate surface area is 139 Å². The van der Waals surface area contributed by atoms with Crippen LogP contribution in [0.2, 0.25) is 5.02 Å². The monoisotopic (exact) mass is 351 g/mol. The highest BCUT2D eigenvalue weighted by Crippen LogP contribution is 2.36. The second-order valence-corrected chi connectivity index (χ2v) is 5.78. The van der Waals surface area contributed by atoms with Crippen molar-refractivity contribution in [2.24, 2.45) is 0 Å². The summed E-state index contributed by atoms with van der Waals surface area (Å²) in [6, 6.07) is 3.58. The first-order valence-electron chi connectivity index (χ1n) is 7.22. The van der Waals surface area contributed by atoms with Crippen LogP contribution in [0, 0.1) is 0 Å². The van der Waals surface area contributed by atoms with Gasteiger partial charge < -0.3 is 15.5 Å². The molecule has 0 aliphatic heterocycles. The van der Waals surface area contributed by atoms with Crippen LogP contribution >= 0.6 is 11.6 Å². The number of rotatable bonds is 8. The van der Waals surface area contributed by atoms with E-state index in [9.17, 15) is 18.0 Å². The number of carbonyl (C=O) groups excluding carboxylic acids is 1. The van der Waals surface area contributed by atoms with E-state index in [1.54, 1.807) is 0 Å². The Kier molecular flexibility index (Phi) is 7.64. The molecule has 0 saturated heterocycles. The SMILES string of the molecule is CN(C)CCCNC(=O)CCNc1ccc(Cl)c(C(F)(F)F)c1. The lowest BCUT2D eigenvalue weighted by atomic mass is 10.2. The maximum atomic E-state index is 12.7. The molecule has 4 nitrogen and oxygen atoms in total. The minimum absolute atomic E-state index is 0.138. The molecule has 0 aliphatic carbocycles. The first-order chi connectivity index (χ1) is 10.7. The molecule has 1 aromatic rings. The summed E-state index contributed by atoms with van der Waals surface area (Å²) in [5.74, 6) is -0.138. The molecule has 2 N–H and O–H groups in total. The van der Waals surface area contributed by atoms with E-state index in [-0.39, 0.29) is 29.6 Å². The van der Waals surface area contributed by atoms with Gasteiger partial charge in [0.1, 0.15) is 0 Å². The van der Waals surface area contributed by atoms with Gasteiger partial charge in [0, 0.05) is 25.2 Å². The number of alkyl halides is 3. The van der Waals surface area contributed by atoms with Gasteiger partial charge in [-0.1, -0.05) is 11.6 Å². The zero-order chi connectivity index (χ0) is 17.5. The van der Waals surface area contributed by atoms with Crippen molar-refractivity contribution in [3.05, 3.63) is 28.8 Å². The molecular weight excluding hydrogens is 331 g/mol.